The highest BCUT2D eigenvalue weighted by molar-refractivity contribution is 7.89. The van der Waals surface area contributed by atoms with Crippen LogP contribution in [0.5, 0.6) is 0 Å². The van der Waals surface area contributed by atoms with Gasteiger partial charge in [-0.15, -0.1) is 11.3 Å². The molecule has 0 bridgehead atoms. The van der Waals surface area contributed by atoms with Crippen molar-refractivity contribution in [1.82, 2.24) is 10.0 Å². The molecule has 0 spiro atoms. The van der Waals surface area contributed by atoms with Crippen molar-refractivity contribution in [3.63, 3.8) is 0 Å². The van der Waals surface area contributed by atoms with Crippen LogP contribution in [0, 0.1) is 13.8 Å². The first kappa shape index (κ1) is 15.6. The maximum absolute atomic E-state index is 11.9. The first-order valence-corrected chi connectivity index (χ1v) is 7.57. The molecular formula is C10H14N2O5S2. The second kappa shape index (κ2) is 6.13. The number of carboxylic acid groups (broad SMARTS) is 1. The number of hydrogen-bond donors (Lipinski definition) is 3. The lowest BCUT2D eigenvalue weighted by Crippen LogP contribution is -2.39. The van der Waals surface area contributed by atoms with Crippen LogP contribution in [0.4, 0.5) is 0 Å². The monoisotopic (exact) mass is 306 g/mol. The van der Waals surface area contributed by atoms with Crippen molar-refractivity contribution >= 4 is 33.2 Å². The van der Waals surface area contributed by atoms with Gasteiger partial charge in [-0.3, -0.25) is 9.59 Å². The van der Waals surface area contributed by atoms with E-state index >= 15 is 0 Å². The van der Waals surface area contributed by atoms with Crippen LogP contribution in [-0.4, -0.2) is 38.5 Å². The van der Waals surface area contributed by atoms with Crippen LogP contribution in [0.3, 0.4) is 0 Å². The van der Waals surface area contributed by atoms with Crippen molar-refractivity contribution in [2.75, 3.05) is 13.1 Å². The van der Waals surface area contributed by atoms with Gasteiger partial charge in [0, 0.05) is 9.75 Å². The van der Waals surface area contributed by atoms with Gasteiger partial charge in [0.15, 0.2) is 0 Å². The summed E-state index contributed by atoms with van der Waals surface area (Å²) in [5.74, 6) is -1.89. The summed E-state index contributed by atoms with van der Waals surface area (Å²) >= 11 is 1.35. The van der Waals surface area contributed by atoms with E-state index in [1.165, 1.54) is 17.4 Å². The SMILES string of the molecule is Cc1cc(S(=O)(=O)NCC(=O)NCC(=O)O)c(C)s1. The number of thiophene rings is 1. The molecule has 1 amide bonds. The Morgan fingerprint density at radius 2 is 1.95 bits per heavy atom. The molecule has 1 heterocycles. The zero-order chi connectivity index (χ0) is 14.6. The quantitative estimate of drug-likeness (QED) is 0.676. The zero-order valence-corrected chi connectivity index (χ0v) is 12.0. The maximum atomic E-state index is 11.9. The highest BCUT2D eigenvalue weighted by Crippen LogP contribution is 2.24. The fourth-order valence-corrected chi connectivity index (χ4v) is 3.88. The molecule has 19 heavy (non-hydrogen) atoms. The molecule has 0 aliphatic carbocycles. The first-order chi connectivity index (χ1) is 8.72. The molecule has 0 saturated heterocycles. The van der Waals surface area contributed by atoms with E-state index in [1.807, 2.05) is 0 Å². The third-order valence-corrected chi connectivity index (χ3v) is 4.77. The van der Waals surface area contributed by atoms with Crippen LogP contribution in [0.2, 0.25) is 0 Å². The molecule has 7 nitrogen and oxygen atoms in total. The lowest BCUT2D eigenvalue weighted by Gasteiger charge is -2.06. The fraction of sp³-hybridized carbons (Fsp3) is 0.400. The van der Waals surface area contributed by atoms with Gasteiger partial charge in [0.05, 0.1) is 11.4 Å². The number of aliphatic carboxylic acids is 1. The minimum absolute atomic E-state index is 0.140. The molecule has 0 fully saturated rings. The third kappa shape index (κ3) is 4.62. The maximum Gasteiger partial charge on any atom is 0.322 e. The number of hydrogen-bond acceptors (Lipinski definition) is 5. The normalized spacial score (nSPS) is 11.3. The molecule has 106 valence electrons. The summed E-state index contributed by atoms with van der Waals surface area (Å²) in [5.41, 5.74) is 0. The summed E-state index contributed by atoms with van der Waals surface area (Å²) in [4.78, 5) is 23.1. The Labute approximate surface area is 114 Å². The van der Waals surface area contributed by atoms with Gasteiger partial charge in [-0.2, -0.15) is 0 Å². The van der Waals surface area contributed by atoms with Gasteiger partial charge in [-0.05, 0) is 19.9 Å². The predicted octanol–water partition coefficient (Wildman–Crippen LogP) is -0.156. The predicted molar refractivity (Wildman–Crippen MR) is 69.6 cm³/mol. The van der Waals surface area contributed by atoms with Crippen LogP contribution in [0.1, 0.15) is 9.75 Å². The molecule has 9 heteroatoms. The van der Waals surface area contributed by atoms with E-state index in [1.54, 1.807) is 13.8 Å². The van der Waals surface area contributed by atoms with Gasteiger partial charge in [-0.25, -0.2) is 13.1 Å². The second-order valence-corrected chi connectivity index (χ2v) is 6.97. The summed E-state index contributed by atoms with van der Waals surface area (Å²) < 4.78 is 25.9. The summed E-state index contributed by atoms with van der Waals surface area (Å²) in [6.07, 6.45) is 0. The minimum Gasteiger partial charge on any atom is -0.480 e. The molecule has 0 aromatic carbocycles. The van der Waals surface area contributed by atoms with Gasteiger partial charge < -0.3 is 10.4 Å². The van der Waals surface area contributed by atoms with Crippen molar-refractivity contribution in [3.8, 4) is 0 Å². The van der Waals surface area contributed by atoms with Crippen molar-refractivity contribution in [2.24, 2.45) is 0 Å². The minimum atomic E-state index is -3.75. The van der Waals surface area contributed by atoms with E-state index in [4.69, 9.17) is 5.11 Å². The smallest absolute Gasteiger partial charge is 0.322 e. The largest absolute Gasteiger partial charge is 0.480 e. The molecular weight excluding hydrogens is 292 g/mol. The Bertz CT molecular complexity index is 591. The van der Waals surface area contributed by atoms with Gasteiger partial charge in [0.1, 0.15) is 6.54 Å². The molecule has 1 aromatic rings. The highest BCUT2D eigenvalue weighted by atomic mass is 32.2. The number of sulfonamides is 1. The molecule has 1 aromatic heterocycles. The summed E-state index contributed by atoms with van der Waals surface area (Å²) in [6, 6.07) is 1.53. The fourth-order valence-electron chi connectivity index (χ4n) is 1.35. The molecule has 0 atom stereocenters. The Balaban J connectivity index is 2.64. The molecule has 3 N–H and O–H groups in total. The van der Waals surface area contributed by atoms with Crippen molar-refractivity contribution in [3.05, 3.63) is 15.8 Å². The number of nitrogens with one attached hydrogen (secondary N) is 2. The lowest BCUT2D eigenvalue weighted by molar-refractivity contribution is -0.137. The zero-order valence-electron chi connectivity index (χ0n) is 10.4. The van der Waals surface area contributed by atoms with Crippen LogP contribution >= 0.6 is 11.3 Å². The molecule has 0 unspecified atom stereocenters. The topological polar surface area (TPSA) is 113 Å². The van der Waals surface area contributed by atoms with E-state index in [9.17, 15) is 18.0 Å². The Morgan fingerprint density at radius 1 is 1.32 bits per heavy atom. The van der Waals surface area contributed by atoms with Crippen molar-refractivity contribution in [2.45, 2.75) is 18.7 Å². The number of carbonyl (C=O) groups is 2. The van der Waals surface area contributed by atoms with E-state index in [-0.39, 0.29) is 4.90 Å². The van der Waals surface area contributed by atoms with E-state index in [2.05, 4.69) is 10.0 Å². The second-order valence-electron chi connectivity index (χ2n) is 3.77. The highest BCUT2D eigenvalue weighted by Gasteiger charge is 2.19. The summed E-state index contributed by atoms with van der Waals surface area (Å²) in [7, 11) is -3.75. The third-order valence-electron chi connectivity index (χ3n) is 2.14. The Hall–Kier alpha value is -1.45. The van der Waals surface area contributed by atoms with Gasteiger partial charge in [0.25, 0.3) is 0 Å². The summed E-state index contributed by atoms with van der Waals surface area (Å²) in [6.45, 7) is 2.42. The average Bonchev–Trinajstić information content (AvgIpc) is 2.64. The van der Waals surface area contributed by atoms with Gasteiger partial charge in [0.2, 0.25) is 15.9 Å². The Morgan fingerprint density at radius 3 is 2.42 bits per heavy atom. The van der Waals surface area contributed by atoms with Crippen LogP contribution in [-0.2, 0) is 19.6 Å². The first-order valence-electron chi connectivity index (χ1n) is 5.27. The van der Waals surface area contributed by atoms with E-state index in [0.29, 0.717) is 4.88 Å². The standard InChI is InChI=1S/C10H14N2O5S2/c1-6-3-8(7(2)18-6)19(16,17)12-4-9(13)11-5-10(14)15/h3,12H,4-5H2,1-2H3,(H,11,13)(H,14,15). The number of carboxylic acids is 1. The Kier molecular flexibility index (Phi) is 5.04. The molecule has 0 saturated carbocycles. The van der Waals surface area contributed by atoms with Crippen molar-refractivity contribution < 1.29 is 23.1 Å². The van der Waals surface area contributed by atoms with Gasteiger partial charge in [-0.1, -0.05) is 0 Å². The number of aryl methyl sites for hydroxylation is 2. The van der Waals surface area contributed by atoms with E-state index in [0.717, 1.165) is 4.88 Å². The number of carbonyl (C=O) groups excluding carboxylic acids is 1. The molecule has 0 aliphatic rings. The molecule has 1 rings (SSSR count). The number of rotatable bonds is 6. The number of amides is 1. The molecule has 0 aliphatic heterocycles. The van der Waals surface area contributed by atoms with Crippen molar-refractivity contribution in [1.29, 1.82) is 0 Å². The van der Waals surface area contributed by atoms with Crippen LogP contribution in [0.15, 0.2) is 11.0 Å². The summed E-state index contributed by atoms with van der Waals surface area (Å²) in [5, 5.41) is 10.4. The van der Waals surface area contributed by atoms with E-state index < -0.39 is 35.0 Å². The molecule has 0 radical (unpaired) electrons. The van der Waals surface area contributed by atoms with Gasteiger partial charge >= 0.3 is 5.97 Å². The lowest BCUT2D eigenvalue weighted by atomic mass is 10.4. The van der Waals surface area contributed by atoms with Crippen LogP contribution in [0.25, 0.3) is 0 Å². The average molecular weight is 306 g/mol. The van der Waals surface area contributed by atoms with Crippen LogP contribution < -0.4 is 10.0 Å².